The zero-order valence-corrected chi connectivity index (χ0v) is 23.4. The molecule has 6 rings (SSSR count). The Morgan fingerprint density at radius 2 is 1.88 bits per heavy atom. The summed E-state index contributed by atoms with van der Waals surface area (Å²) in [7, 11) is 1.39. The highest BCUT2D eigenvalue weighted by Gasteiger charge is 2.64. The number of likely N-dealkylation sites (tertiary alicyclic amines) is 1. The molecule has 1 aliphatic carbocycles. The number of nitrogens with zero attached hydrogens (tertiary/aromatic N) is 2. The Morgan fingerprint density at radius 1 is 1.12 bits per heavy atom. The minimum absolute atomic E-state index is 0.0213. The van der Waals surface area contributed by atoms with Crippen molar-refractivity contribution in [1.82, 2.24) is 9.80 Å². The second-order valence-electron chi connectivity index (χ2n) is 11.8. The molecule has 4 aliphatic heterocycles. The van der Waals surface area contributed by atoms with E-state index in [1.54, 1.807) is 9.80 Å². The summed E-state index contributed by atoms with van der Waals surface area (Å²) in [5, 5.41) is 0. The Balaban J connectivity index is 1.42. The van der Waals surface area contributed by atoms with Crippen LogP contribution in [0.2, 0.25) is 0 Å². The molecular formula is C30H38N2O8. The molecule has 4 atom stereocenters. The van der Waals surface area contributed by atoms with E-state index in [0.29, 0.717) is 43.5 Å². The summed E-state index contributed by atoms with van der Waals surface area (Å²) in [6.07, 6.45) is 3.38. The highest BCUT2D eigenvalue weighted by Crippen LogP contribution is 2.57. The fourth-order valence-electron chi connectivity index (χ4n) is 6.59. The fraction of sp³-hybridized carbons (Fsp3) is 0.633. The maximum Gasteiger partial charge on any atom is 0.320 e. The summed E-state index contributed by atoms with van der Waals surface area (Å²) in [6, 6.07) is 5.61. The first-order chi connectivity index (χ1) is 19.3. The van der Waals surface area contributed by atoms with E-state index in [-0.39, 0.29) is 55.9 Å². The van der Waals surface area contributed by atoms with E-state index >= 15 is 0 Å². The van der Waals surface area contributed by atoms with E-state index < -0.39 is 23.4 Å². The third kappa shape index (κ3) is 4.75. The molecule has 0 bridgehead atoms. The first-order valence-electron chi connectivity index (χ1n) is 14.3. The number of carbonyl (C=O) groups is 3. The highest BCUT2D eigenvalue weighted by molar-refractivity contribution is 5.93. The van der Waals surface area contributed by atoms with Crippen LogP contribution in [-0.4, -0.2) is 80.0 Å². The maximum atomic E-state index is 14.3. The van der Waals surface area contributed by atoms with Crippen LogP contribution in [0, 0.1) is 23.2 Å². The van der Waals surface area contributed by atoms with E-state index in [2.05, 4.69) is 13.8 Å². The van der Waals surface area contributed by atoms with Gasteiger partial charge >= 0.3 is 5.97 Å². The average Bonchev–Trinajstić information content (AvgIpc) is 3.70. The van der Waals surface area contributed by atoms with Crippen LogP contribution in [0.4, 0.5) is 0 Å². The Bertz CT molecular complexity index is 1200. The van der Waals surface area contributed by atoms with Crippen LogP contribution in [0.3, 0.4) is 0 Å². The fourth-order valence-corrected chi connectivity index (χ4v) is 6.59. The van der Waals surface area contributed by atoms with Gasteiger partial charge in [-0.2, -0.15) is 0 Å². The van der Waals surface area contributed by atoms with Gasteiger partial charge in [0.1, 0.15) is 5.41 Å². The van der Waals surface area contributed by atoms with Gasteiger partial charge < -0.3 is 33.5 Å². The maximum absolute atomic E-state index is 14.3. The Hall–Kier alpha value is -3.11. The third-order valence-corrected chi connectivity index (χ3v) is 8.86. The normalized spacial score (nSPS) is 29.8. The lowest BCUT2D eigenvalue weighted by Crippen LogP contribution is -2.61. The quantitative estimate of drug-likeness (QED) is 0.474. The number of carbonyl (C=O) groups excluding carboxylic acids is 3. The molecule has 1 aromatic rings. The van der Waals surface area contributed by atoms with Crippen molar-refractivity contribution in [2.24, 2.45) is 23.2 Å². The van der Waals surface area contributed by atoms with Crippen molar-refractivity contribution in [1.29, 1.82) is 0 Å². The summed E-state index contributed by atoms with van der Waals surface area (Å²) in [4.78, 5) is 45.0. The van der Waals surface area contributed by atoms with Crippen LogP contribution in [0.1, 0.15) is 45.1 Å². The topological polar surface area (TPSA) is 104 Å². The number of ether oxygens (including phenoxy) is 5. The molecule has 0 radical (unpaired) electrons. The SMILES string of the molecule is COC(=O)[C@]12C[C@H](CC(=O)N3CCOCC3)C(=O)N(Cc3ccc4c(c3)OCO4)C1=C[C@H](C(C)C)O[C@@H]2C1CC1. The molecule has 1 saturated carbocycles. The van der Waals surface area contributed by atoms with Gasteiger partial charge in [-0.3, -0.25) is 14.4 Å². The Morgan fingerprint density at radius 3 is 2.58 bits per heavy atom. The zero-order valence-electron chi connectivity index (χ0n) is 23.4. The van der Waals surface area contributed by atoms with Gasteiger partial charge in [0.25, 0.3) is 0 Å². The number of amides is 2. The van der Waals surface area contributed by atoms with Crippen molar-refractivity contribution in [3.05, 3.63) is 35.5 Å². The molecule has 10 nitrogen and oxygen atoms in total. The lowest BCUT2D eigenvalue weighted by atomic mass is 9.64. The van der Waals surface area contributed by atoms with Crippen LogP contribution in [0.5, 0.6) is 11.5 Å². The molecule has 40 heavy (non-hydrogen) atoms. The van der Waals surface area contributed by atoms with Crippen molar-refractivity contribution in [2.45, 2.75) is 58.3 Å². The molecule has 216 valence electrons. The number of morpholine rings is 1. The molecule has 0 N–H and O–H groups in total. The van der Waals surface area contributed by atoms with Crippen molar-refractivity contribution >= 4 is 17.8 Å². The number of hydrogen-bond donors (Lipinski definition) is 0. The first kappa shape index (κ1) is 27.1. The second-order valence-corrected chi connectivity index (χ2v) is 11.8. The molecule has 0 unspecified atom stereocenters. The van der Waals surface area contributed by atoms with Crippen LogP contribution >= 0.6 is 0 Å². The largest absolute Gasteiger partial charge is 0.468 e. The minimum atomic E-state index is -1.18. The summed E-state index contributed by atoms with van der Waals surface area (Å²) < 4.78 is 28.6. The molecular weight excluding hydrogens is 516 g/mol. The van der Waals surface area contributed by atoms with Gasteiger partial charge in [0.15, 0.2) is 11.5 Å². The predicted octanol–water partition coefficient (Wildman–Crippen LogP) is 2.89. The summed E-state index contributed by atoms with van der Waals surface area (Å²) in [6.45, 7) is 6.49. The van der Waals surface area contributed by atoms with Crippen LogP contribution in [-0.2, 0) is 35.1 Å². The van der Waals surface area contributed by atoms with Gasteiger partial charge in [-0.05, 0) is 54.9 Å². The molecule has 4 heterocycles. The number of hydrogen-bond acceptors (Lipinski definition) is 8. The monoisotopic (exact) mass is 554 g/mol. The van der Waals surface area contributed by atoms with E-state index in [9.17, 15) is 14.4 Å². The predicted molar refractivity (Wildman–Crippen MR) is 142 cm³/mol. The molecule has 1 aromatic carbocycles. The number of rotatable bonds is 7. The van der Waals surface area contributed by atoms with Gasteiger partial charge in [0, 0.05) is 31.1 Å². The Labute approximate surface area is 234 Å². The molecule has 0 aromatic heterocycles. The van der Waals surface area contributed by atoms with Gasteiger partial charge in [-0.25, -0.2) is 0 Å². The summed E-state index contributed by atoms with van der Waals surface area (Å²) in [5.74, 6) is 0.252. The van der Waals surface area contributed by atoms with E-state index in [0.717, 1.165) is 18.4 Å². The molecule has 5 aliphatic rings. The van der Waals surface area contributed by atoms with Gasteiger partial charge in [0.05, 0.1) is 39.1 Å². The molecule has 2 saturated heterocycles. The molecule has 2 amide bonds. The first-order valence-corrected chi connectivity index (χ1v) is 14.3. The van der Waals surface area contributed by atoms with Crippen molar-refractivity contribution in [2.75, 3.05) is 40.2 Å². The Kier molecular flexibility index (Phi) is 7.25. The van der Waals surface area contributed by atoms with Crippen molar-refractivity contribution in [3.63, 3.8) is 0 Å². The molecule has 0 spiro atoms. The number of benzene rings is 1. The summed E-state index contributed by atoms with van der Waals surface area (Å²) in [5.41, 5.74) is 0.300. The van der Waals surface area contributed by atoms with E-state index in [1.165, 1.54) is 7.11 Å². The van der Waals surface area contributed by atoms with E-state index in [4.69, 9.17) is 23.7 Å². The van der Waals surface area contributed by atoms with E-state index in [1.807, 2.05) is 24.3 Å². The van der Waals surface area contributed by atoms with Gasteiger partial charge in [-0.1, -0.05) is 19.9 Å². The lowest BCUT2D eigenvalue weighted by Gasteiger charge is -2.53. The minimum Gasteiger partial charge on any atom is -0.468 e. The van der Waals surface area contributed by atoms with Crippen LogP contribution in [0.25, 0.3) is 0 Å². The number of methoxy groups -OCH3 is 1. The third-order valence-electron chi connectivity index (χ3n) is 8.86. The van der Waals surface area contributed by atoms with Crippen molar-refractivity contribution in [3.8, 4) is 11.5 Å². The molecule has 3 fully saturated rings. The standard InChI is InChI=1S/C30H38N2O8/c1-18(2)23-14-25-30(29(35)36-3,27(40-23)20-5-6-20)15-21(13-26(33)31-8-10-37-11-9-31)28(34)32(25)16-19-4-7-22-24(12-19)39-17-38-22/h4,7,12,14,18,20-21,23,27H,5-6,8-11,13,15-17H2,1-3H3/t21-,23+,27+,30+/m0/s1. The number of fused-ring (bicyclic) bond motifs is 2. The number of esters is 1. The van der Waals surface area contributed by atoms with Gasteiger partial charge in [-0.15, -0.1) is 0 Å². The smallest absolute Gasteiger partial charge is 0.320 e. The summed E-state index contributed by atoms with van der Waals surface area (Å²) >= 11 is 0. The zero-order chi connectivity index (χ0) is 28.0. The van der Waals surface area contributed by atoms with Crippen LogP contribution < -0.4 is 9.47 Å². The van der Waals surface area contributed by atoms with Crippen molar-refractivity contribution < 1.29 is 38.1 Å². The average molecular weight is 555 g/mol. The number of piperidine rings is 1. The van der Waals surface area contributed by atoms with Gasteiger partial charge in [0.2, 0.25) is 18.6 Å². The highest BCUT2D eigenvalue weighted by atomic mass is 16.7. The lowest BCUT2D eigenvalue weighted by molar-refractivity contribution is -0.182. The van der Waals surface area contributed by atoms with Crippen LogP contribution in [0.15, 0.2) is 30.0 Å². The molecule has 10 heteroatoms. The second kappa shape index (κ2) is 10.7.